The van der Waals surface area contributed by atoms with E-state index in [1.54, 1.807) is 15.9 Å². The van der Waals surface area contributed by atoms with Crippen molar-refractivity contribution >= 4 is 50.6 Å². The summed E-state index contributed by atoms with van der Waals surface area (Å²) in [6.45, 7) is 6.03. The summed E-state index contributed by atoms with van der Waals surface area (Å²) in [5.74, 6) is 0.119. The molecule has 0 atom stereocenters. The maximum atomic E-state index is 13.7. The molecule has 0 aliphatic carbocycles. The molecule has 160 valence electrons. The van der Waals surface area contributed by atoms with E-state index in [0.717, 1.165) is 22.5 Å². The SMILES string of the molecule is CCC(C)(C)NC(=O)CSc1nc2scc(-c3cccs3)c2c(=O)n1-c1ccccc1. The van der Waals surface area contributed by atoms with Gasteiger partial charge in [-0.3, -0.25) is 14.2 Å². The van der Waals surface area contributed by atoms with Crippen molar-refractivity contribution in [3.8, 4) is 16.1 Å². The Bertz CT molecular complexity index is 1260. The van der Waals surface area contributed by atoms with Gasteiger partial charge in [0.2, 0.25) is 5.91 Å². The van der Waals surface area contributed by atoms with Crippen LogP contribution in [-0.2, 0) is 4.79 Å². The van der Waals surface area contributed by atoms with E-state index in [9.17, 15) is 9.59 Å². The molecule has 0 fully saturated rings. The molecule has 3 aromatic heterocycles. The Morgan fingerprint density at radius 2 is 1.94 bits per heavy atom. The van der Waals surface area contributed by atoms with Crippen LogP contribution in [-0.4, -0.2) is 26.8 Å². The minimum Gasteiger partial charge on any atom is -0.351 e. The molecule has 0 unspecified atom stereocenters. The Morgan fingerprint density at radius 3 is 2.61 bits per heavy atom. The number of amides is 1. The third-order valence-electron chi connectivity index (χ3n) is 5.07. The number of nitrogens with zero attached hydrogens (tertiary/aromatic N) is 2. The summed E-state index contributed by atoms with van der Waals surface area (Å²) in [5, 5.41) is 8.18. The third-order valence-corrected chi connectivity index (χ3v) is 7.79. The highest BCUT2D eigenvalue weighted by atomic mass is 32.2. The zero-order chi connectivity index (χ0) is 22.0. The highest BCUT2D eigenvalue weighted by molar-refractivity contribution is 7.99. The Labute approximate surface area is 193 Å². The fourth-order valence-electron chi connectivity index (χ4n) is 3.12. The first-order valence-corrected chi connectivity index (χ1v) is 12.7. The number of thioether (sulfide) groups is 1. The van der Waals surface area contributed by atoms with E-state index >= 15 is 0 Å². The third kappa shape index (κ3) is 4.61. The van der Waals surface area contributed by atoms with E-state index in [1.807, 2.05) is 74.0 Å². The van der Waals surface area contributed by atoms with Gasteiger partial charge in [-0.05, 0) is 43.8 Å². The van der Waals surface area contributed by atoms with Gasteiger partial charge in [0.05, 0.1) is 16.8 Å². The monoisotopic (exact) mass is 469 g/mol. The van der Waals surface area contributed by atoms with Crippen LogP contribution >= 0.6 is 34.4 Å². The van der Waals surface area contributed by atoms with E-state index in [4.69, 9.17) is 4.98 Å². The van der Waals surface area contributed by atoms with Crippen molar-refractivity contribution in [3.63, 3.8) is 0 Å². The predicted molar refractivity (Wildman–Crippen MR) is 132 cm³/mol. The molecule has 5 nitrogen and oxygen atoms in total. The van der Waals surface area contributed by atoms with Gasteiger partial charge in [-0.25, -0.2) is 4.98 Å². The number of carbonyl (C=O) groups excluding carboxylic acids is 1. The smallest absolute Gasteiger partial charge is 0.268 e. The average molecular weight is 470 g/mol. The number of thiophene rings is 2. The van der Waals surface area contributed by atoms with Crippen LogP contribution in [0.25, 0.3) is 26.3 Å². The number of hydrogen-bond donors (Lipinski definition) is 1. The van der Waals surface area contributed by atoms with Crippen LogP contribution in [0.3, 0.4) is 0 Å². The highest BCUT2D eigenvalue weighted by Gasteiger charge is 2.21. The molecular formula is C23H23N3O2S3. The van der Waals surface area contributed by atoms with Crippen molar-refractivity contribution < 1.29 is 4.79 Å². The summed E-state index contributed by atoms with van der Waals surface area (Å²) < 4.78 is 1.62. The summed E-state index contributed by atoms with van der Waals surface area (Å²) in [4.78, 5) is 32.7. The fraction of sp³-hybridized carbons (Fsp3) is 0.261. The highest BCUT2D eigenvalue weighted by Crippen LogP contribution is 2.35. The largest absolute Gasteiger partial charge is 0.351 e. The summed E-state index contributed by atoms with van der Waals surface area (Å²) in [6.07, 6.45) is 0.836. The minimum absolute atomic E-state index is 0.0729. The molecule has 1 aromatic carbocycles. The summed E-state index contributed by atoms with van der Waals surface area (Å²) >= 11 is 4.35. The van der Waals surface area contributed by atoms with Gasteiger partial charge in [-0.1, -0.05) is 43.0 Å². The number of hydrogen-bond acceptors (Lipinski definition) is 6. The topological polar surface area (TPSA) is 64.0 Å². The molecule has 0 spiro atoms. The Kier molecular flexibility index (Phi) is 6.31. The summed E-state index contributed by atoms with van der Waals surface area (Å²) in [6, 6.07) is 13.5. The van der Waals surface area contributed by atoms with Gasteiger partial charge in [0, 0.05) is 21.4 Å². The molecular weight excluding hydrogens is 446 g/mol. The van der Waals surface area contributed by atoms with Crippen molar-refractivity contribution in [2.24, 2.45) is 0 Å². The van der Waals surface area contributed by atoms with Crippen LogP contribution in [0, 0.1) is 0 Å². The Balaban J connectivity index is 1.78. The van der Waals surface area contributed by atoms with Crippen molar-refractivity contribution in [1.82, 2.24) is 14.9 Å². The zero-order valence-corrected chi connectivity index (χ0v) is 20.0. The molecule has 0 bridgehead atoms. The summed E-state index contributed by atoms with van der Waals surface area (Å²) in [5.41, 5.74) is 1.27. The van der Waals surface area contributed by atoms with Gasteiger partial charge in [-0.15, -0.1) is 22.7 Å². The molecule has 4 aromatic rings. The first kappa shape index (κ1) is 21.8. The van der Waals surface area contributed by atoms with Gasteiger partial charge in [0.1, 0.15) is 4.83 Å². The predicted octanol–water partition coefficient (Wildman–Crippen LogP) is 5.57. The molecule has 8 heteroatoms. The second kappa shape index (κ2) is 8.98. The molecule has 0 saturated carbocycles. The van der Waals surface area contributed by atoms with E-state index in [1.165, 1.54) is 23.1 Å². The lowest BCUT2D eigenvalue weighted by atomic mass is 10.0. The first-order valence-electron chi connectivity index (χ1n) is 9.97. The van der Waals surface area contributed by atoms with Gasteiger partial charge in [-0.2, -0.15) is 0 Å². The zero-order valence-electron chi connectivity index (χ0n) is 17.5. The molecule has 0 radical (unpaired) electrons. The van der Waals surface area contributed by atoms with Crippen molar-refractivity contribution in [2.75, 3.05) is 5.75 Å². The lowest BCUT2D eigenvalue weighted by Crippen LogP contribution is -2.43. The number of rotatable bonds is 7. The van der Waals surface area contributed by atoms with Crippen LogP contribution < -0.4 is 10.9 Å². The second-order valence-corrected chi connectivity index (χ2v) is 10.5. The molecule has 0 aliphatic rings. The van der Waals surface area contributed by atoms with Crippen LogP contribution in [0.1, 0.15) is 27.2 Å². The maximum absolute atomic E-state index is 13.7. The van der Waals surface area contributed by atoms with Crippen LogP contribution in [0.15, 0.2) is 63.2 Å². The summed E-state index contributed by atoms with van der Waals surface area (Å²) in [7, 11) is 0. The number of nitrogens with one attached hydrogen (secondary N) is 1. The number of benzene rings is 1. The molecule has 4 rings (SSSR count). The first-order chi connectivity index (χ1) is 14.9. The van der Waals surface area contributed by atoms with E-state index in [2.05, 4.69) is 5.32 Å². The quantitative estimate of drug-likeness (QED) is 0.284. The van der Waals surface area contributed by atoms with Gasteiger partial charge < -0.3 is 5.32 Å². The van der Waals surface area contributed by atoms with Crippen LogP contribution in [0.2, 0.25) is 0 Å². The van der Waals surface area contributed by atoms with Gasteiger partial charge in [0.25, 0.3) is 5.56 Å². The Morgan fingerprint density at radius 1 is 1.16 bits per heavy atom. The van der Waals surface area contributed by atoms with Crippen molar-refractivity contribution in [2.45, 2.75) is 37.9 Å². The van der Waals surface area contributed by atoms with Crippen LogP contribution in [0.4, 0.5) is 0 Å². The minimum atomic E-state index is -0.266. The number of aromatic nitrogens is 2. The van der Waals surface area contributed by atoms with Crippen molar-refractivity contribution in [1.29, 1.82) is 0 Å². The second-order valence-electron chi connectivity index (χ2n) is 7.75. The lowest BCUT2D eigenvalue weighted by molar-refractivity contribution is -0.120. The van der Waals surface area contributed by atoms with Crippen LogP contribution in [0.5, 0.6) is 0 Å². The fourth-order valence-corrected chi connectivity index (χ4v) is 5.73. The lowest BCUT2D eigenvalue weighted by Gasteiger charge is -2.24. The van der Waals surface area contributed by atoms with E-state index in [-0.39, 0.29) is 22.8 Å². The Hall–Kier alpha value is -2.42. The molecule has 31 heavy (non-hydrogen) atoms. The maximum Gasteiger partial charge on any atom is 0.268 e. The number of carbonyl (C=O) groups is 1. The van der Waals surface area contributed by atoms with Gasteiger partial charge in [0.15, 0.2) is 5.16 Å². The van der Waals surface area contributed by atoms with E-state index in [0.29, 0.717) is 15.4 Å². The molecule has 0 saturated heterocycles. The average Bonchev–Trinajstić information content (AvgIpc) is 3.42. The van der Waals surface area contributed by atoms with Crippen molar-refractivity contribution in [3.05, 3.63) is 63.6 Å². The molecule has 1 amide bonds. The molecule has 1 N–H and O–H groups in total. The standard InChI is InChI=1S/C23H23N3O2S3/c1-4-23(2,3)25-18(27)14-31-22-24-20-19(16(13-30-20)17-11-8-12-29-17)21(28)26(22)15-9-6-5-7-10-15/h5-13H,4,14H2,1-3H3,(H,25,27). The number of para-hydroxylation sites is 1. The normalized spacial score (nSPS) is 11.7. The molecule has 0 aliphatic heterocycles. The van der Waals surface area contributed by atoms with E-state index < -0.39 is 0 Å². The number of fused-ring (bicyclic) bond motifs is 1. The molecule has 3 heterocycles. The van der Waals surface area contributed by atoms with Gasteiger partial charge >= 0.3 is 0 Å².